The number of hydrogen-bond acceptors (Lipinski definition) is 4. The maximum atomic E-state index is 11.8. The Bertz CT molecular complexity index is 496. The van der Waals surface area contributed by atoms with E-state index < -0.39 is 5.60 Å². The van der Waals surface area contributed by atoms with E-state index in [0.29, 0.717) is 32.0 Å². The van der Waals surface area contributed by atoms with Gasteiger partial charge < -0.3 is 15.2 Å². The van der Waals surface area contributed by atoms with Gasteiger partial charge in [-0.25, -0.2) is 0 Å². The number of ether oxygens (including phenoxy) is 1. The molecule has 2 heterocycles. The van der Waals surface area contributed by atoms with Crippen LogP contribution < -0.4 is 5.32 Å². The van der Waals surface area contributed by atoms with Crippen molar-refractivity contribution in [3.63, 3.8) is 0 Å². The summed E-state index contributed by atoms with van der Waals surface area (Å²) in [6, 6.07) is 2.09. The molecule has 1 aliphatic carbocycles. The lowest BCUT2D eigenvalue weighted by Crippen LogP contribution is -2.70. The number of aliphatic hydroxyl groups excluding tert-OH is 1. The van der Waals surface area contributed by atoms with Gasteiger partial charge in [0.15, 0.2) is 0 Å². The molecule has 3 aliphatic rings. The normalized spacial score (nSPS) is 35.0. The van der Waals surface area contributed by atoms with E-state index >= 15 is 0 Å². The van der Waals surface area contributed by atoms with Crippen LogP contribution in [0.25, 0.3) is 0 Å². The molecule has 0 aromatic heterocycles. The minimum absolute atomic E-state index is 0.0482. The number of nitriles is 1. The second-order valence-corrected chi connectivity index (χ2v) is 6.87. The Labute approximate surface area is 152 Å². The first kappa shape index (κ1) is 21.7. The van der Waals surface area contributed by atoms with Crippen LogP contribution in [0.2, 0.25) is 0 Å². The van der Waals surface area contributed by atoms with Crippen LogP contribution in [-0.2, 0) is 9.53 Å². The second kappa shape index (κ2) is 9.94. The molecule has 0 saturated carbocycles. The summed E-state index contributed by atoms with van der Waals surface area (Å²) in [5.41, 5.74) is -0.570. The second-order valence-electron chi connectivity index (χ2n) is 6.87. The Balaban J connectivity index is 0.000000264. The number of hydrogen-bond donors (Lipinski definition) is 2. The van der Waals surface area contributed by atoms with Crippen molar-refractivity contribution in [2.24, 2.45) is 11.8 Å². The number of fused-ring (bicyclic) bond motifs is 1. The fourth-order valence-corrected chi connectivity index (χ4v) is 3.83. The number of rotatable bonds is 4. The lowest BCUT2D eigenvalue weighted by Gasteiger charge is -2.53. The summed E-state index contributed by atoms with van der Waals surface area (Å²) in [6.45, 7) is 8.99. The third kappa shape index (κ3) is 4.43. The summed E-state index contributed by atoms with van der Waals surface area (Å²) in [5.74, 6) is 0.349. The van der Waals surface area contributed by atoms with Gasteiger partial charge in [-0.2, -0.15) is 5.26 Å². The molecular weight excluding hydrogens is 316 g/mol. The van der Waals surface area contributed by atoms with Crippen LogP contribution in [0, 0.1) is 23.2 Å². The highest BCUT2D eigenvalue weighted by Gasteiger charge is 2.67. The molecule has 2 saturated heterocycles. The summed E-state index contributed by atoms with van der Waals surface area (Å²) < 4.78 is 5.62. The molecule has 0 radical (unpaired) electrons. The molecule has 5 nitrogen and oxygen atoms in total. The van der Waals surface area contributed by atoms with Crippen molar-refractivity contribution in [2.75, 3.05) is 13.2 Å². The first-order valence-electron chi connectivity index (χ1n) is 9.63. The van der Waals surface area contributed by atoms with Crippen molar-refractivity contribution in [3.05, 3.63) is 12.2 Å². The molecule has 2 fully saturated rings. The fourth-order valence-electron chi connectivity index (χ4n) is 3.83. The van der Waals surface area contributed by atoms with Gasteiger partial charge in [-0.05, 0) is 44.9 Å². The molecule has 2 N–H and O–H groups in total. The molecular formula is C20H34N2O3. The predicted molar refractivity (Wildman–Crippen MR) is 98.8 cm³/mol. The maximum Gasteiger partial charge on any atom is 0.226 e. The van der Waals surface area contributed by atoms with Gasteiger partial charge in [-0.3, -0.25) is 4.79 Å². The zero-order chi connectivity index (χ0) is 18.9. The van der Waals surface area contributed by atoms with Gasteiger partial charge in [-0.1, -0.05) is 32.9 Å². The van der Waals surface area contributed by atoms with E-state index in [1.165, 1.54) is 19.3 Å². The standard InChI is InChI=1S/C11H16N2O2.C7H12O.C2H6/c1-3-11-7-15-10(11,2)8(5-4-6-12)9(14)13-11;8-6-7-4-2-1-3-5-7;1-2/h8H,3-5,7H2,1-2H3,(H,13,14);2,4,7-8H,1,3,5-6H2;1-2H3/t8-,10-,11-;7-;/m01./s1. The predicted octanol–water partition coefficient (Wildman–Crippen LogP) is 3.34. The van der Waals surface area contributed by atoms with Gasteiger partial charge in [-0.15, -0.1) is 0 Å². The van der Waals surface area contributed by atoms with E-state index in [-0.39, 0.29) is 17.4 Å². The first-order chi connectivity index (χ1) is 12.0. The Kier molecular flexibility index (Phi) is 8.61. The molecule has 0 aromatic carbocycles. The number of amides is 1. The number of nitrogens with zero attached hydrogens (tertiary/aromatic N) is 1. The number of carbonyl (C=O) groups excluding carboxylic acids is 1. The molecule has 0 bridgehead atoms. The topological polar surface area (TPSA) is 82.3 Å². The molecule has 2 aliphatic heterocycles. The van der Waals surface area contributed by atoms with Gasteiger partial charge in [0.25, 0.3) is 0 Å². The van der Waals surface area contributed by atoms with E-state index in [1.54, 1.807) is 0 Å². The van der Waals surface area contributed by atoms with Crippen molar-refractivity contribution in [1.29, 1.82) is 5.26 Å². The Morgan fingerprint density at radius 3 is 2.56 bits per heavy atom. The van der Waals surface area contributed by atoms with Gasteiger partial charge >= 0.3 is 0 Å². The average Bonchev–Trinajstić information content (AvgIpc) is 2.81. The van der Waals surface area contributed by atoms with Crippen molar-refractivity contribution in [3.8, 4) is 6.07 Å². The highest BCUT2D eigenvalue weighted by atomic mass is 16.5. The SMILES string of the molecule is CC.CC[C@]12CO[C@@]1(C)[C@@H](CCC#N)C(=O)N2.OC[C@@H]1C=CCCC1. The lowest BCUT2D eigenvalue weighted by molar-refractivity contribution is -0.219. The highest BCUT2D eigenvalue weighted by molar-refractivity contribution is 5.85. The summed E-state index contributed by atoms with van der Waals surface area (Å²) >= 11 is 0. The molecule has 4 atom stereocenters. The van der Waals surface area contributed by atoms with Crippen molar-refractivity contribution in [2.45, 2.75) is 77.4 Å². The number of nitrogens with one attached hydrogen (secondary N) is 1. The van der Waals surface area contributed by atoms with Gasteiger partial charge in [0.2, 0.25) is 5.91 Å². The number of aliphatic hydroxyl groups is 1. The first-order valence-corrected chi connectivity index (χ1v) is 9.63. The highest BCUT2D eigenvalue weighted by Crippen LogP contribution is 2.50. The van der Waals surface area contributed by atoms with Crippen molar-refractivity contribution < 1.29 is 14.6 Å². The van der Waals surface area contributed by atoms with Crippen LogP contribution in [0.3, 0.4) is 0 Å². The third-order valence-corrected chi connectivity index (χ3v) is 5.65. The third-order valence-electron chi connectivity index (χ3n) is 5.65. The van der Waals surface area contributed by atoms with Crippen LogP contribution in [0.4, 0.5) is 0 Å². The minimum atomic E-state index is -0.393. The number of allylic oxidation sites excluding steroid dienone is 1. The largest absolute Gasteiger partial charge is 0.396 e. The van der Waals surface area contributed by atoms with Gasteiger partial charge in [0.1, 0.15) is 5.60 Å². The Morgan fingerprint density at radius 1 is 1.48 bits per heavy atom. The van der Waals surface area contributed by atoms with E-state index in [9.17, 15) is 4.79 Å². The summed E-state index contributed by atoms with van der Waals surface area (Å²) in [4.78, 5) is 11.8. The zero-order valence-corrected chi connectivity index (χ0v) is 16.2. The molecule has 0 spiro atoms. The van der Waals surface area contributed by atoms with E-state index in [2.05, 4.69) is 30.5 Å². The van der Waals surface area contributed by atoms with Gasteiger partial charge in [0.05, 0.1) is 24.1 Å². The molecule has 0 aromatic rings. The summed E-state index contributed by atoms with van der Waals surface area (Å²) in [6.07, 6.45) is 9.80. The minimum Gasteiger partial charge on any atom is -0.396 e. The van der Waals surface area contributed by atoms with Gasteiger partial charge in [0, 0.05) is 13.0 Å². The monoisotopic (exact) mass is 350 g/mol. The lowest BCUT2D eigenvalue weighted by atomic mass is 9.70. The maximum absolute atomic E-state index is 11.8. The Hall–Kier alpha value is -1.38. The smallest absolute Gasteiger partial charge is 0.226 e. The zero-order valence-electron chi connectivity index (χ0n) is 16.2. The van der Waals surface area contributed by atoms with Crippen LogP contribution >= 0.6 is 0 Å². The molecule has 0 unspecified atom stereocenters. The molecule has 25 heavy (non-hydrogen) atoms. The van der Waals surface area contributed by atoms with E-state index in [4.69, 9.17) is 15.1 Å². The fraction of sp³-hybridized carbons (Fsp3) is 0.800. The van der Waals surface area contributed by atoms with E-state index in [0.717, 1.165) is 6.42 Å². The van der Waals surface area contributed by atoms with E-state index in [1.807, 2.05) is 20.8 Å². The Morgan fingerprint density at radius 2 is 2.20 bits per heavy atom. The molecule has 3 rings (SSSR count). The van der Waals surface area contributed by atoms with Crippen LogP contribution in [0.15, 0.2) is 12.2 Å². The quantitative estimate of drug-likeness (QED) is 0.762. The average molecular weight is 351 g/mol. The molecule has 5 heteroatoms. The molecule has 1 amide bonds. The van der Waals surface area contributed by atoms with Crippen LogP contribution in [0.1, 0.15) is 66.2 Å². The van der Waals surface area contributed by atoms with Crippen LogP contribution in [0.5, 0.6) is 0 Å². The summed E-state index contributed by atoms with van der Waals surface area (Å²) in [5, 5.41) is 20.2. The number of carbonyl (C=O) groups is 1. The molecule has 142 valence electrons. The van der Waals surface area contributed by atoms with Crippen LogP contribution in [-0.4, -0.2) is 35.4 Å². The van der Waals surface area contributed by atoms with Crippen molar-refractivity contribution in [1.82, 2.24) is 5.32 Å². The van der Waals surface area contributed by atoms with Crippen molar-refractivity contribution >= 4 is 5.91 Å². The summed E-state index contributed by atoms with van der Waals surface area (Å²) in [7, 11) is 0.